The summed E-state index contributed by atoms with van der Waals surface area (Å²) in [6, 6.07) is 0. The van der Waals surface area contributed by atoms with Gasteiger partial charge in [0.05, 0.1) is 12.9 Å². The Balaban J connectivity index is 1.77. The van der Waals surface area contributed by atoms with Crippen molar-refractivity contribution in [3.05, 3.63) is 11.5 Å². The van der Waals surface area contributed by atoms with Gasteiger partial charge < -0.3 is 35.2 Å². The van der Waals surface area contributed by atoms with Gasteiger partial charge in [0.1, 0.15) is 17.7 Å². The molecule has 3 rings (SSSR count). The number of imidazole rings is 1. The van der Waals surface area contributed by atoms with Crippen molar-refractivity contribution in [1.29, 1.82) is 0 Å². The summed E-state index contributed by atoms with van der Waals surface area (Å²) in [5.74, 6) is -0.309. The number of aliphatic hydroxyl groups excluding tert-OH is 1. The van der Waals surface area contributed by atoms with Crippen molar-refractivity contribution in [3.8, 4) is 0 Å². The van der Waals surface area contributed by atoms with Crippen molar-refractivity contribution < 1.29 is 60.6 Å². The largest absolute Gasteiger partial charge is 0.490 e. The van der Waals surface area contributed by atoms with Gasteiger partial charge in [0.15, 0.2) is 17.0 Å². The van der Waals surface area contributed by atoms with Crippen LogP contribution in [0.2, 0.25) is 5.15 Å². The summed E-state index contributed by atoms with van der Waals surface area (Å²) >= 11 is 11.7. The molecule has 1 aliphatic rings. The molecule has 17 nitrogen and oxygen atoms in total. The second-order valence-electron chi connectivity index (χ2n) is 6.23. The molecule has 33 heavy (non-hydrogen) atoms. The van der Waals surface area contributed by atoms with Crippen molar-refractivity contribution in [2.24, 2.45) is 0 Å². The molecule has 0 saturated carbocycles. The van der Waals surface area contributed by atoms with E-state index in [1.54, 1.807) is 0 Å². The molecule has 2 unspecified atom stereocenters. The molecule has 7 N–H and O–H groups in total. The lowest BCUT2D eigenvalue weighted by atomic mass is 10.1. The number of rotatable bonds is 8. The van der Waals surface area contributed by atoms with E-state index >= 15 is 4.39 Å². The Morgan fingerprint density at radius 1 is 1.21 bits per heavy atom. The van der Waals surface area contributed by atoms with Crippen molar-refractivity contribution in [1.82, 2.24) is 19.5 Å². The number of aliphatic hydroxyl groups is 1. The number of alkyl halides is 2. The number of hydrogen-bond donors (Lipinski definition) is 6. The number of nitrogens with two attached hydrogens (primary N) is 1. The fraction of sp³-hybridized carbons (Fsp3) is 0.500. The molecule has 0 bridgehead atoms. The third kappa shape index (κ3) is 6.07. The van der Waals surface area contributed by atoms with Gasteiger partial charge >= 0.3 is 23.5 Å². The van der Waals surface area contributed by atoms with E-state index in [4.69, 9.17) is 48.4 Å². The number of fused-ring (bicyclic) bond motifs is 1. The number of phosphoric ester groups is 1. The lowest BCUT2D eigenvalue weighted by Gasteiger charge is -2.22. The van der Waals surface area contributed by atoms with Crippen LogP contribution in [0.1, 0.15) is 6.23 Å². The number of nitrogens with zero attached hydrogens (tertiary/aromatic N) is 4. The highest BCUT2D eigenvalue weighted by Crippen LogP contribution is 2.66. The molecule has 186 valence electrons. The maximum absolute atomic E-state index is 15.1. The number of halogens is 3. The predicted molar refractivity (Wildman–Crippen MR) is 104 cm³/mol. The maximum atomic E-state index is 15.1. The Hall–Kier alpha value is -0.810. The van der Waals surface area contributed by atoms with E-state index in [1.807, 2.05) is 0 Å². The van der Waals surface area contributed by atoms with Gasteiger partial charge in [-0.05, 0) is 0 Å². The molecular formula is C10H13Cl2FN5O12P3. The van der Waals surface area contributed by atoms with Crippen LogP contribution in [-0.4, -0.2) is 68.1 Å². The van der Waals surface area contributed by atoms with E-state index in [-0.39, 0.29) is 22.3 Å². The molecule has 0 radical (unpaired) electrons. The minimum Gasteiger partial charge on any atom is -0.385 e. The first-order valence-electron chi connectivity index (χ1n) is 8.07. The zero-order valence-electron chi connectivity index (χ0n) is 15.5. The van der Waals surface area contributed by atoms with Crippen LogP contribution in [0, 0.1) is 0 Å². The maximum Gasteiger partial charge on any atom is 0.490 e. The zero-order valence-corrected chi connectivity index (χ0v) is 19.6. The van der Waals surface area contributed by atoms with Crippen molar-refractivity contribution in [2.45, 2.75) is 23.6 Å². The molecule has 1 fully saturated rings. The van der Waals surface area contributed by atoms with E-state index in [0.29, 0.717) is 0 Å². The smallest absolute Gasteiger partial charge is 0.385 e. The fourth-order valence-electron chi connectivity index (χ4n) is 2.65. The van der Waals surface area contributed by atoms with Crippen LogP contribution in [0.25, 0.3) is 11.2 Å². The SMILES string of the molecule is Nc1nc(Cl)c2ncn([C@@H]3O[C@H](COP(=O)(O)OP(=O)(O)OP(=O)(O)O)[C@@H](O)[C@]3(F)Cl)c2n1. The molecule has 1 aliphatic heterocycles. The minimum absolute atomic E-state index is 0.0202. The van der Waals surface area contributed by atoms with E-state index in [2.05, 4.69) is 28.1 Å². The summed E-state index contributed by atoms with van der Waals surface area (Å²) in [4.78, 5) is 47.0. The highest BCUT2D eigenvalue weighted by Gasteiger charge is 2.58. The van der Waals surface area contributed by atoms with Crippen LogP contribution in [0.3, 0.4) is 0 Å². The Morgan fingerprint density at radius 3 is 2.45 bits per heavy atom. The monoisotopic (exact) mass is 577 g/mol. The van der Waals surface area contributed by atoms with Crippen molar-refractivity contribution in [2.75, 3.05) is 12.3 Å². The average molecular weight is 578 g/mol. The lowest BCUT2D eigenvalue weighted by molar-refractivity contribution is -0.0473. The Kier molecular flexibility index (Phi) is 7.31. The van der Waals surface area contributed by atoms with Gasteiger partial charge in [-0.1, -0.05) is 23.2 Å². The third-order valence-corrected chi connectivity index (χ3v) is 8.32. The predicted octanol–water partition coefficient (Wildman–Crippen LogP) is 0.568. The molecule has 0 amide bonds. The van der Waals surface area contributed by atoms with Gasteiger partial charge in [0, 0.05) is 0 Å². The molecule has 3 heterocycles. The molecule has 1 saturated heterocycles. The number of aromatic nitrogens is 4. The van der Waals surface area contributed by atoms with Crippen molar-refractivity contribution in [3.63, 3.8) is 0 Å². The molecule has 6 atom stereocenters. The first-order valence-corrected chi connectivity index (χ1v) is 13.3. The quantitative estimate of drug-likeness (QED) is 0.142. The van der Waals surface area contributed by atoms with Crippen LogP contribution in [0.5, 0.6) is 0 Å². The van der Waals surface area contributed by atoms with Crippen LogP contribution < -0.4 is 5.73 Å². The van der Waals surface area contributed by atoms with E-state index in [9.17, 15) is 23.7 Å². The second-order valence-corrected chi connectivity index (χ2v) is 11.6. The van der Waals surface area contributed by atoms with Crippen LogP contribution in [-0.2, 0) is 31.6 Å². The standard InChI is InChI=1S/C10H13Cl2FN5O12P3/c11-6-4-7(17-9(14)16-6)18(2-15-4)8-10(12,13)5(19)3(28-8)1-27-32(23,24)30-33(25,26)29-31(20,21)22/h2-3,5,8,19H,1H2,(H,23,24)(H,25,26)(H2,14,16,17)(H2,20,21,22)/t3-,5-,8-,10-/m1/s1. The van der Waals surface area contributed by atoms with Gasteiger partial charge in [0.25, 0.3) is 5.13 Å². The number of anilines is 1. The Labute approximate surface area is 191 Å². The minimum atomic E-state index is -5.78. The van der Waals surface area contributed by atoms with Crippen molar-refractivity contribution >= 4 is 63.8 Å². The third-order valence-electron chi connectivity index (χ3n) is 3.85. The summed E-state index contributed by atoms with van der Waals surface area (Å²) in [5.41, 5.74) is 5.34. The van der Waals surface area contributed by atoms with Gasteiger partial charge in [0.2, 0.25) is 5.95 Å². The van der Waals surface area contributed by atoms with E-state index < -0.39 is 53.6 Å². The van der Waals surface area contributed by atoms with E-state index in [1.165, 1.54) is 0 Å². The number of ether oxygens (including phenoxy) is 1. The molecule has 2 aromatic rings. The molecular weight excluding hydrogens is 565 g/mol. The Bertz CT molecular complexity index is 1210. The van der Waals surface area contributed by atoms with Crippen LogP contribution in [0.4, 0.5) is 10.3 Å². The number of phosphoric acid groups is 3. The van der Waals surface area contributed by atoms with E-state index in [0.717, 1.165) is 10.9 Å². The molecule has 2 aromatic heterocycles. The highest BCUT2D eigenvalue weighted by atomic mass is 35.5. The second kappa shape index (κ2) is 9.00. The normalized spacial score (nSPS) is 29.8. The lowest BCUT2D eigenvalue weighted by Crippen LogP contribution is -2.38. The van der Waals surface area contributed by atoms with Gasteiger partial charge in [-0.2, -0.15) is 18.6 Å². The fourth-order valence-corrected chi connectivity index (χ4v) is 6.19. The van der Waals surface area contributed by atoms with Gasteiger partial charge in [-0.25, -0.2) is 23.1 Å². The summed E-state index contributed by atoms with van der Waals surface area (Å²) in [6.07, 6.45) is -4.87. The highest BCUT2D eigenvalue weighted by molar-refractivity contribution is 7.66. The average Bonchev–Trinajstić information content (AvgIpc) is 3.10. The molecule has 23 heteroatoms. The summed E-state index contributed by atoms with van der Waals surface area (Å²) in [5, 5.41) is 6.90. The number of nitrogen functional groups attached to an aromatic ring is 1. The first kappa shape index (κ1) is 26.8. The van der Waals surface area contributed by atoms with Gasteiger partial charge in [-0.15, -0.1) is 0 Å². The van der Waals surface area contributed by atoms with Crippen LogP contribution >= 0.6 is 46.7 Å². The topological polar surface area (TPSA) is 259 Å². The molecule has 0 aromatic carbocycles. The molecule has 0 aliphatic carbocycles. The summed E-state index contributed by atoms with van der Waals surface area (Å²) in [6.45, 7) is -1.16. The van der Waals surface area contributed by atoms with Crippen LogP contribution in [0.15, 0.2) is 6.33 Å². The summed E-state index contributed by atoms with van der Waals surface area (Å²) in [7, 11) is -16.9. The zero-order chi connectivity index (χ0) is 25.0. The molecule has 0 spiro atoms. The Morgan fingerprint density at radius 2 is 1.85 bits per heavy atom. The van der Waals surface area contributed by atoms with Gasteiger partial charge in [-0.3, -0.25) is 9.09 Å². The first-order chi connectivity index (χ1) is 14.9. The number of hydrogen-bond acceptors (Lipinski definition) is 12. The summed E-state index contributed by atoms with van der Waals surface area (Å²) < 4.78 is 66.5.